The number of rotatable bonds is 1. The highest BCUT2D eigenvalue weighted by molar-refractivity contribution is 5.11. The van der Waals surface area contributed by atoms with Gasteiger partial charge in [-0.1, -0.05) is 0 Å². The van der Waals surface area contributed by atoms with Crippen LogP contribution in [0.5, 0.6) is 0 Å². The molecule has 3 heterocycles. The van der Waals surface area contributed by atoms with Crippen molar-refractivity contribution in [2.45, 2.75) is 44.2 Å². The third kappa shape index (κ3) is 1.07. The van der Waals surface area contributed by atoms with E-state index in [0.717, 1.165) is 23.4 Å². The smallest absolute Gasteiger partial charge is 0.0168 e. The Morgan fingerprint density at radius 1 is 1.20 bits per heavy atom. The highest BCUT2D eigenvalue weighted by Gasteiger charge is 2.57. The van der Waals surface area contributed by atoms with Gasteiger partial charge in [0.25, 0.3) is 0 Å². The molecular weight excluding hydrogens is 184 g/mol. The Bertz CT molecular complexity index is 284. The molecular formula is C13H22N2. The molecule has 0 aromatic carbocycles. The summed E-state index contributed by atoms with van der Waals surface area (Å²) in [5, 5.41) is 0. The summed E-state index contributed by atoms with van der Waals surface area (Å²) in [6.07, 6.45) is 7.54. The minimum absolute atomic E-state index is 0.728. The number of hydrogen-bond donors (Lipinski definition) is 0. The summed E-state index contributed by atoms with van der Waals surface area (Å²) in [5.74, 6) is 1.09. The van der Waals surface area contributed by atoms with Crippen molar-refractivity contribution in [2.75, 3.05) is 26.7 Å². The molecule has 1 spiro atoms. The summed E-state index contributed by atoms with van der Waals surface area (Å²) in [5.41, 5.74) is 0.728. The topological polar surface area (TPSA) is 6.48 Å². The van der Waals surface area contributed by atoms with Gasteiger partial charge < -0.3 is 4.90 Å². The van der Waals surface area contributed by atoms with Crippen LogP contribution in [0.25, 0.3) is 0 Å². The van der Waals surface area contributed by atoms with Crippen LogP contribution in [-0.2, 0) is 0 Å². The first kappa shape index (κ1) is 9.00. The summed E-state index contributed by atoms with van der Waals surface area (Å²) < 4.78 is 0. The molecule has 2 bridgehead atoms. The van der Waals surface area contributed by atoms with E-state index in [-0.39, 0.29) is 0 Å². The molecule has 2 saturated carbocycles. The fraction of sp³-hybridized carbons (Fsp3) is 1.00. The summed E-state index contributed by atoms with van der Waals surface area (Å²) in [6.45, 7) is 4.17. The molecule has 2 heteroatoms. The van der Waals surface area contributed by atoms with E-state index in [2.05, 4.69) is 16.8 Å². The summed E-state index contributed by atoms with van der Waals surface area (Å²) in [6, 6.07) is 1.98. The largest absolute Gasteiger partial charge is 0.306 e. The maximum Gasteiger partial charge on any atom is 0.0168 e. The Balaban J connectivity index is 1.53. The SMILES string of the molecule is CN1CCC2(CCC2N2CC3CC2C3)C1. The first-order valence-corrected chi connectivity index (χ1v) is 6.71. The van der Waals surface area contributed by atoms with Crippen molar-refractivity contribution in [1.82, 2.24) is 9.80 Å². The predicted molar refractivity (Wildman–Crippen MR) is 60.8 cm³/mol. The van der Waals surface area contributed by atoms with E-state index in [1.807, 2.05) is 0 Å². The molecule has 2 atom stereocenters. The van der Waals surface area contributed by atoms with Gasteiger partial charge >= 0.3 is 0 Å². The van der Waals surface area contributed by atoms with Gasteiger partial charge in [-0.3, -0.25) is 4.90 Å². The fourth-order valence-corrected chi connectivity index (χ4v) is 4.73. The van der Waals surface area contributed by atoms with Crippen LogP contribution >= 0.6 is 0 Å². The lowest BCUT2D eigenvalue weighted by molar-refractivity contribution is -0.0195. The molecule has 5 fully saturated rings. The normalized spacial score (nSPS) is 54.6. The van der Waals surface area contributed by atoms with Crippen LogP contribution in [-0.4, -0.2) is 48.6 Å². The van der Waals surface area contributed by atoms with Crippen LogP contribution in [0.3, 0.4) is 0 Å². The second kappa shape index (κ2) is 2.78. The van der Waals surface area contributed by atoms with E-state index in [1.165, 1.54) is 51.7 Å². The van der Waals surface area contributed by atoms with Gasteiger partial charge in [0.1, 0.15) is 0 Å². The van der Waals surface area contributed by atoms with Crippen molar-refractivity contribution in [3.05, 3.63) is 0 Å². The Kier molecular flexibility index (Phi) is 1.67. The lowest BCUT2D eigenvalue weighted by atomic mass is 9.63. The van der Waals surface area contributed by atoms with Crippen LogP contribution < -0.4 is 0 Å². The summed E-state index contributed by atoms with van der Waals surface area (Å²) >= 11 is 0. The molecule has 2 aliphatic carbocycles. The maximum atomic E-state index is 2.90. The Morgan fingerprint density at radius 2 is 2.07 bits per heavy atom. The number of likely N-dealkylation sites (tertiary alicyclic amines) is 1. The first-order valence-electron chi connectivity index (χ1n) is 6.71. The molecule has 0 amide bonds. The van der Waals surface area contributed by atoms with Crippen LogP contribution in [0.1, 0.15) is 32.1 Å². The van der Waals surface area contributed by atoms with Crippen molar-refractivity contribution in [3.8, 4) is 0 Å². The fourth-order valence-electron chi connectivity index (χ4n) is 4.73. The Hall–Kier alpha value is -0.0800. The third-order valence-electron chi connectivity index (χ3n) is 5.75. The third-order valence-corrected chi connectivity index (χ3v) is 5.75. The molecule has 0 N–H and O–H groups in total. The van der Waals surface area contributed by atoms with Crippen molar-refractivity contribution in [2.24, 2.45) is 11.3 Å². The molecule has 0 aromatic rings. The molecule has 0 radical (unpaired) electrons. The second-order valence-corrected chi connectivity index (χ2v) is 6.59. The minimum atomic E-state index is 0.728. The molecule has 2 unspecified atom stereocenters. The molecule has 5 aliphatic rings. The highest BCUT2D eigenvalue weighted by atomic mass is 15.3. The molecule has 5 rings (SSSR count). The van der Waals surface area contributed by atoms with E-state index in [1.54, 1.807) is 0 Å². The number of fused-ring (bicyclic) bond motifs is 1. The maximum absolute atomic E-state index is 2.90. The predicted octanol–water partition coefficient (Wildman–Crippen LogP) is 1.56. The van der Waals surface area contributed by atoms with E-state index in [4.69, 9.17) is 0 Å². The Morgan fingerprint density at radius 3 is 2.53 bits per heavy atom. The van der Waals surface area contributed by atoms with Crippen LogP contribution in [0.2, 0.25) is 0 Å². The van der Waals surface area contributed by atoms with E-state index in [9.17, 15) is 0 Å². The lowest BCUT2D eigenvalue weighted by Gasteiger charge is -2.52. The van der Waals surface area contributed by atoms with Gasteiger partial charge in [0, 0.05) is 25.2 Å². The van der Waals surface area contributed by atoms with Gasteiger partial charge in [-0.15, -0.1) is 0 Å². The van der Waals surface area contributed by atoms with Gasteiger partial charge in [0.05, 0.1) is 0 Å². The molecule has 3 aliphatic heterocycles. The van der Waals surface area contributed by atoms with E-state index < -0.39 is 0 Å². The van der Waals surface area contributed by atoms with E-state index >= 15 is 0 Å². The standard InChI is InChI=1S/C13H22N2/c1-14-5-4-13(9-14)3-2-12(13)15-8-10-6-11(15)7-10/h10-12H,2-9H2,1H3. The average Bonchev–Trinajstić information content (AvgIpc) is 2.74. The zero-order valence-electron chi connectivity index (χ0n) is 9.78. The molecule has 15 heavy (non-hydrogen) atoms. The van der Waals surface area contributed by atoms with Crippen LogP contribution in [0.4, 0.5) is 0 Å². The van der Waals surface area contributed by atoms with Gasteiger partial charge in [-0.25, -0.2) is 0 Å². The number of hydrogen-bond acceptors (Lipinski definition) is 2. The summed E-state index contributed by atoms with van der Waals surface area (Å²) in [7, 11) is 2.30. The molecule has 84 valence electrons. The van der Waals surface area contributed by atoms with Crippen molar-refractivity contribution >= 4 is 0 Å². The van der Waals surface area contributed by atoms with Crippen molar-refractivity contribution in [1.29, 1.82) is 0 Å². The summed E-state index contributed by atoms with van der Waals surface area (Å²) in [4.78, 5) is 5.44. The number of nitrogens with zero attached hydrogens (tertiary/aromatic N) is 2. The zero-order chi connectivity index (χ0) is 10.0. The molecule has 2 nitrogen and oxygen atoms in total. The monoisotopic (exact) mass is 206 g/mol. The van der Waals surface area contributed by atoms with Gasteiger partial charge in [-0.2, -0.15) is 0 Å². The van der Waals surface area contributed by atoms with Crippen molar-refractivity contribution in [3.63, 3.8) is 0 Å². The van der Waals surface area contributed by atoms with Gasteiger partial charge in [0.15, 0.2) is 0 Å². The Labute approximate surface area is 92.6 Å². The molecule has 0 aromatic heterocycles. The zero-order valence-corrected chi connectivity index (χ0v) is 9.78. The average molecular weight is 206 g/mol. The quantitative estimate of drug-likeness (QED) is 0.642. The van der Waals surface area contributed by atoms with Gasteiger partial charge in [-0.05, 0) is 57.0 Å². The first-order chi connectivity index (χ1) is 7.27. The van der Waals surface area contributed by atoms with Gasteiger partial charge in [0.2, 0.25) is 0 Å². The van der Waals surface area contributed by atoms with Crippen molar-refractivity contribution < 1.29 is 0 Å². The highest BCUT2D eigenvalue weighted by Crippen LogP contribution is 2.55. The second-order valence-electron chi connectivity index (χ2n) is 6.59. The molecule has 3 saturated heterocycles. The van der Waals surface area contributed by atoms with Crippen LogP contribution in [0.15, 0.2) is 0 Å². The van der Waals surface area contributed by atoms with E-state index in [0.29, 0.717) is 0 Å². The lowest BCUT2D eigenvalue weighted by Crippen LogP contribution is -2.56. The minimum Gasteiger partial charge on any atom is -0.306 e. The van der Waals surface area contributed by atoms with Crippen LogP contribution in [0, 0.1) is 11.3 Å².